The quantitative estimate of drug-likeness (QED) is 0.664. The van der Waals surface area contributed by atoms with Gasteiger partial charge in [-0.3, -0.25) is 4.79 Å². The summed E-state index contributed by atoms with van der Waals surface area (Å²) in [5, 5.41) is 2.69. The van der Waals surface area contributed by atoms with Crippen molar-refractivity contribution in [1.29, 1.82) is 0 Å². The topological polar surface area (TPSA) is 84.9 Å². The molecule has 0 radical (unpaired) electrons. The lowest BCUT2D eigenvalue weighted by Crippen LogP contribution is -2.51. The molecule has 0 aromatic heterocycles. The predicted molar refractivity (Wildman–Crippen MR) is 115 cm³/mol. The van der Waals surface area contributed by atoms with Crippen molar-refractivity contribution in [1.82, 2.24) is 10.2 Å². The fourth-order valence-corrected chi connectivity index (χ4v) is 4.70. The Kier molecular flexibility index (Phi) is 5.93. The summed E-state index contributed by atoms with van der Waals surface area (Å²) < 4.78 is 11.2. The maximum Gasteiger partial charge on any atom is 0.408 e. The molecule has 30 heavy (non-hydrogen) atoms. The number of halogens is 1. The zero-order chi connectivity index (χ0) is 22.4. The molecule has 164 valence electrons. The van der Waals surface area contributed by atoms with E-state index in [-0.39, 0.29) is 23.2 Å². The molecule has 0 bridgehead atoms. The fraction of sp³-hybridized carbons (Fsp3) is 0.591. The number of amides is 2. The Morgan fingerprint density at radius 1 is 1.20 bits per heavy atom. The van der Waals surface area contributed by atoms with Crippen molar-refractivity contribution in [2.75, 3.05) is 13.7 Å². The van der Waals surface area contributed by atoms with Crippen molar-refractivity contribution in [2.45, 2.75) is 52.3 Å². The predicted octanol–water partition coefficient (Wildman–Crippen LogP) is 3.67. The molecule has 8 heteroatoms. The van der Waals surface area contributed by atoms with Crippen LogP contribution in [0, 0.1) is 17.3 Å². The van der Waals surface area contributed by atoms with Crippen LogP contribution in [0.5, 0.6) is 0 Å². The summed E-state index contributed by atoms with van der Waals surface area (Å²) in [5.74, 6) is -0.478. The summed E-state index contributed by atoms with van der Waals surface area (Å²) >= 11 is 3.38. The van der Waals surface area contributed by atoms with Gasteiger partial charge in [0.05, 0.1) is 7.11 Å². The number of ether oxygens (including phenoxy) is 2. The highest BCUT2D eigenvalue weighted by atomic mass is 79.9. The van der Waals surface area contributed by atoms with Crippen LogP contribution in [0.1, 0.15) is 46.2 Å². The first kappa shape index (κ1) is 22.6. The number of nitrogens with one attached hydrogen (secondary N) is 1. The Morgan fingerprint density at radius 2 is 1.80 bits per heavy atom. The van der Waals surface area contributed by atoms with Gasteiger partial charge in [-0.2, -0.15) is 0 Å². The summed E-state index contributed by atoms with van der Waals surface area (Å²) in [6.45, 7) is 9.93. The minimum atomic E-state index is -0.972. The Bertz CT molecular complexity index is 846. The number of carbonyl (C=O) groups is 3. The van der Waals surface area contributed by atoms with Gasteiger partial charge in [0.1, 0.15) is 17.7 Å². The number of carbonyl (C=O) groups excluding carboxylic acids is 3. The lowest BCUT2D eigenvalue weighted by molar-refractivity contribution is -0.153. The first-order chi connectivity index (χ1) is 13.9. The second kappa shape index (κ2) is 7.87. The molecule has 4 atom stereocenters. The number of rotatable bonds is 4. The number of hydrogen-bond donors (Lipinski definition) is 1. The number of nitrogens with zero attached hydrogens (tertiary/aromatic N) is 1. The van der Waals surface area contributed by atoms with Crippen LogP contribution in [0.3, 0.4) is 0 Å². The second-order valence-corrected chi connectivity index (χ2v) is 10.5. The smallest absolute Gasteiger partial charge is 0.408 e. The van der Waals surface area contributed by atoms with Crippen LogP contribution in [0.2, 0.25) is 0 Å². The first-order valence-electron chi connectivity index (χ1n) is 10.00. The molecule has 2 aliphatic rings. The second-order valence-electron chi connectivity index (χ2n) is 9.54. The van der Waals surface area contributed by atoms with Crippen LogP contribution in [-0.4, -0.2) is 48.2 Å². The summed E-state index contributed by atoms with van der Waals surface area (Å²) in [6.07, 6.45) is -0.692. The summed E-state index contributed by atoms with van der Waals surface area (Å²) in [5.41, 5.74) is -0.107. The SMILES string of the molecule is COC(=O)[C@@H]1[C@@H]2[C@H](CN1C(=O)C(NC(=O)OC(C)(C)C)c1ccc(Br)cc1)C2(C)C. The number of esters is 1. The molecule has 1 aromatic carbocycles. The van der Waals surface area contributed by atoms with Crippen LogP contribution in [-0.2, 0) is 19.1 Å². The molecule has 1 saturated carbocycles. The van der Waals surface area contributed by atoms with E-state index in [4.69, 9.17) is 9.47 Å². The van der Waals surface area contributed by atoms with E-state index in [1.54, 1.807) is 49.9 Å². The number of likely N-dealkylation sites (tertiary alicyclic amines) is 1. The molecule has 0 spiro atoms. The van der Waals surface area contributed by atoms with Gasteiger partial charge in [-0.25, -0.2) is 9.59 Å². The molecule has 1 heterocycles. The summed E-state index contributed by atoms with van der Waals surface area (Å²) in [4.78, 5) is 40.1. The van der Waals surface area contributed by atoms with Gasteiger partial charge in [-0.05, 0) is 49.8 Å². The van der Waals surface area contributed by atoms with E-state index in [1.165, 1.54) is 7.11 Å². The molecule has 1 unspecified atom stereocenters. The van der Waals surface area contributed by atoms with Gasteiger partial charge < -0.3 is 19.7 Å². The number of methoxy groups -OCH3 is 1. The monoisotopic (exact) mass is 480 g/mol. The zero-order valence-electron chi connectivity index (χ0n) is 18.2. The highest BCUT2D eigenvalue weighted by Crippen LogP contribution is 2.65. The average Bonchev–Trinajstić information content (AvgIpc) is 3.00. The molecule has 1 aromatic rings. The molecular weight excluding hydrogens is 452 g/mol. The minimum Gasteiger partial charge on any atom is -0.467 e. The van der Waals surface area contributed by atoms with Crippen molar-refractivity contribution in [2.24, 2.45) is 17.3 Å². The van der Waals surface area contributed by atoms with Crippen molar-refractivity contribution >= 4 is 33.9 Å². The highest BCUT2D eigenvalue weighted by molar-refractivity contribution is 9.10. The van der Waals surface area contributed by atoms with E-state index < -0.39 is 29.7 Å². The van der Waals surface area contributed by atoms with E-state index >= 15 is 0 Å². The normalized spacial score (nSPS) is 25.2. The molecule has 1 aliphatic heterocycles. The molecule has 7 nitrogen and oxygen atoms in total. The van der Waals surface area contributed by atoms with Crippen molar-refractivity contribution in [3.05, 3.63) is 34.3 Å². The van der Waals surface area contributed by atoms with Gasteiger partial charge in [-0.1, -0.05) is 41.9 Å². The number of benzene rings is 1. The maximum absolute atomic E-state index is 13.6. The Morgan fingerprint density at radius 3 is 2.33 bits per heavy atom. The van der Waals surface area contributed by atoms with Crippen LogP contribution < -0.4 is 5.32 Å². The van der Waals surface area contributed by atoms with Gasteiger partial charge in [-0.15, -0.1) is 0 Å². The molecule has 1 aliphatic carbocycles. The van der Waals surface area contributed by atoms with Gasteiger partial charge in [0.2, 0.25) is 0 Å². The standard InChI is InChI=1S/C22H29BrN2O5/c1-21(2,3)30-20(28)24-16(12-7-9-13(23)10-8-12)18(26)25-11-14-15(22(14,4)5)17(25)19(27)29-6/h7-10,14-17H,11H2,1-6H3,(H,24,28)/t14-,15-,16?,17-/m0/s1. The highest BCUT2D eigenvalue weighted by Gasteiger charge is 2.70. The van der Waals surface area contributed by atoms with E-state index in [1.807, 2.05) is 0 Å². The molecular formula is C22H29BrN2O5. The number of hydrogen-bond acceptors (Lipinski definition) is 5. The van der Waals surface area contributed by atoms with Crippen LogP contribution >= 0.6 is 15.9 Å². The summed E-state index contributed by atoms with van der Waals surface area (Å²) in [6, 6.07) is 5.50. The number of fused-ring (bicyclic) bond motifs is 1. The van der Waals surface area contributed by atoms with Gasteiger partial charge >= 0.3 is 12.1 Å². The molecule has 2 amide bonds. The van der Waals surface area contributed by atoms with Gasteiger partial charge in [0, 0.05) is 16.9 Å². The van der Waals surface area contributed by atoms with Crippen molar-refractivity contribution < 1.29 is 23.9 Å². The van der Waals surface area contributed by atoms with Crippen molar-refractivity contribution in [3.8, 4) is 0 Å². The maximum atomic E-state index is 13.6. The Balaban J connectivity index is 1.89. The molecule has 1 N–H and O–H groups in total. The third kappa shape index (κ3) is 4.33. The first-order valence-corrected chi connectivity index (χ1v) is 10.8. The fourth-order valence-electron chi connectivity index (χ4n) is 4.44. The van der Waals surface area contributed by atoms with E-state index in [9.17, 15) is 14.4 Å². The van der Waals surface area contributed by atoms with E-state index in [0.717, 1.165) is 4.47 Å². The Hall–Kier alpha value is -2.09. The average molecular weight is 481 g/mol. The number of piperidine rings is 1. The van der Waals surface area contributed by atoms with Gasteiger partial charge in [0.15, 0.2) is 0 Å². The van der Waals surface area contributed by atoms with Gasteiger partial charge in [0.25, 0.3) is 5.91 Å². The third-order valence-electron chi connectivity index (χ3n) is 6.05. The van der Waals surface area contributed by atoms with Crippen LogP contribution in [0.25, 0.3) is 0 Å². The minimum absolute atomic E-state index is 0.0126. The largest absolute Gasteiger partial charge is 0.467 e. The summed E-state index contributed by atoms with van der Waals surface area (Å²) in [7, 11) is 1.33. The van der Waals surface area contributed by atoms with Crippen molar-refractivity contribution in [3.63, 3.8) is 0 Å². The van der Waals surface area contributed by atoms with E-state index in [2.05, 4.69) is 35.1 Å². The zero-order valence-corrected chi connectivity index (χ0v) is 19.8. The Labute approximate surface area is 185 Å². The number of alkyl carbamates (subject to hydrolysis) is 1. The molecule has 2 fully saturated rings. The molecule has 1 saturated heterocycles. The van der Waals surface area contributed by atoms with E-state index in [0.29, 0.717) is 12.1 Å². The lowest BCUT2D eigenvalue weighted by atomic mass is 9.99. The lowest BCUT2D eigenvalue weighted by Gasteiger charge is -2.32. The van der Waals surface area contributed by atoms with Crippen LogP contribution in [0.15, 0.2) is 28.7 Å². The third-order valence-corrected chi connectivity index (χ3v) is 6.57. The van der Waals surface area contributed by atoms with Crippen LogP contribution in [0.4, 0.5) is 4.79 Å². The molecule has 3 rings (SSSR count).